The zero-order valence-corrected chi connectivity index (χ0v) is 15.9. The molecule has 0 aliphatic carbocycles. The van der Waals surface area contributed by atoms with Crippen LogP contribution in [-0.2, 0) is 17.8 Å². The number of nitrogens with one attached hydrogen (secondary N) is 2. The fourth-order valence-electron chi connectivity index (χ4n) is 2.99. The number of nitrogens with two attached hydrogens (primary N) is 1. The highest BCUT2D eigenvalue weighted by atomic mass is 16.5. The van der Waals surface area contributed by atoms with E-state index in [1.54, 1.807) is 12.1 Å². The number of rotatable bonds is 8. The van der Waals surface area contributed by atoms with Gasteiger partial charge in [0, 0.05) is 6.54 Å². The van der Waals surface area contributed by atoms with Crippen LogP contribution in [0.5, 0.6) is 5.75 Å². The van der Waals surface area contributed by atoms with E-state index < -0.39 is 30.8 Å². The summed E-state index contributed by atoms with van der Waals surface area (Å²) >= 11 is 0. The van der Waals surface area contributed by atoms with Crippen molar-refractivity contribution in [1.82, 2.24) is 25.6 Å². The normalized spacial score (nSPS) is 15.1. The second-order valence-corrected chi connectivity index (χ2v) is 6.69. The molecule has 0 saturated carbocycles. The predicted octanol–water partition coefficient (Wildman–Crippen LogP) is -1.81. The van der Waals surface area contributed by atoms with Gasteiger partial charge in [-0.1, -0.05) is 17.3 Å². The van der Waals surface area contributed by atoms with Crippen LogP contribution < -0.4 is 21.0 Å². The van der Waals surface area contributed by atoms with Crippen LogP contribution in [0.25, 0.3) is 0 Å². The number of carbonyl (C=O) groups is 3. The number of aromatic carboxylic acids is 1. The standard InChI is InChI=1S/C17H21BN6O6/c19-5-2-6-20-16(26)12-8-24(23-22-12)9-14(25)21-13-7-10-3-1-4-11(17(27)28)15(10)30-18(13)29/h1,3-4,8,13,29H,2,5-7,9,19H2,(H,20,26)(H,21,25)(H,27,28). The molecule has 1 atom stereocenters. The summed E-state index contributed by atoms with van der Waals surface area (Å²) in [6.07, 6.45) is 2.15. The molecule has 0 saturated heterocycles. The summed E-state index contributed by atoms with van der Waals surface area (Å²) in [5.74, 6) is -2.77. The summed E-state index contributed by atoms with van der Waals surface area (Å²) in [6.45, 7) is 0.633. The summed E-state index contributed by atoms with van der Waals surface area (Å²) in [6, 6.07) is 4.61. The number of benzene rings is 1. The maximum absolute atomic E-state index is 12.3. The molecule has 1 aliphatic heterocycles. The molecule has 3 rings (SSSR count). The first-order valence-corrected chi connectivity index (χ1v) is 9.26. The third-order valence-corrected chi connectivity index (χ3v) is 4.44. The highest BCUT2D eigenvalue weighted by Gasteiger charge is 2.37. The van der Waals surface area contributed by atoms with Gasteiger partial charge in [0.2, 0.25) is 5.91 Å². The lowest BCUT2D eigenvalue weighted by Gasteiger charge is -2.28. The van der Waals surface area contributed by atoms with Gasteiger partial charge in [-0.25, -0.2) is 9.48 Å². The summed E-state index contributed by atoms with van der Waals surface area (Å²) in [4.78, 5) is 35.5. The number of carboxylic acids is 1. The zero-order chi connectivity index (χ0) is 21.7. The number of hydrogen-bond donors (Lipinski definition) is 5. The van der Waals surface area contributed by atoms with E-state index in [0.717, 1.165) is 0 Å². The SMILES string of the molecule is NCCCNC(=O)c1cn(CC(=O)NC2Cc3cccc(C(=O)O)c3OB2O)nn1. The molecular formula is C17H21BN6O6. The quantitative estimate of drug-likeness (QED) is 0.245. The summed E-state index contributed by atoms with van der Waals surface area (Å²) in [5.41, 5.74) is 5.93. The van der Waals surface area contributed by atoms with Crippen molar-refractivity contribution >= 4 is 24.9 Å². The number of carbonyl (C=O) groups excluding carboxylic acids is 2. The molecule has 1 unspecified atom stereocenters. The highest BCUT2D eigenvalue weighted by Crippen LogP contribution is 2.30. The highest BCUT2D eigenvalue weighted by molar-refractivity contribution is 6.47. The molecule has 2 aromatic rings. The lowest BCUT2D eigenvalue weighted by atomic mass is 9.72. The van der Waals surface area contributed by atoms with Crippen LogP contribution in [-0.4, -0.2) is 69.1 Å². The van der Waals surface area contributed by atoms with Crippen molar-refractivity contribution < 1.29 is 29.2 Å². The van der Waals surface area contributed by atoms with Crippen molar-refractivity contribution in [3.8, 4) is 5.75 Å². The molecule has 2 heterocycles. The van der Waals surface area contributed by atoms with Gasteiger partial charge in [-0.3, -0.25) is 9.59 Å². The molecule has 13 heteroatoms. The number of fused-ring (bicyclic) bond motifs is 1. The van der Waals surface area contributed by atoms with Crippen molar-refractivity contribution in [3.05, 3.63) is 41.2 Å². The molecule has 1 aromatic heterocycles. The minimum Gasteiger partial charge on any atom is -0.534 e. The third-order valence-electron chi connectivity index (χ3n) is 4.44. The van der Waals surface area contributed by atoms with Gasteiger partial charge < -0.3 is 31.2 Å². The number of carboxylic acid groups (broad SMARTS) is 1. The van der Waals surface area contributed by atoms with Crippen LogP contribution in [0.1, 0.15) is 32.8 Å². The minimum atomic E-state index is -1.42. The van der Waals surface area contributed by atoms with Gasteiger partial charge in [-0.05, 0) is 31.0 Å². The first kappa shape index (κ1) is 21.3. The Bertz CT molecular complexity index is 951. The van der Waals surface area contributed by atoms with E-state index >= 15 is 0 Å². The van der Waals surface area contributed by atoms with Gasteiger partial charge in [0.15, 0.2) is 5.69 Å². The van der Waals surface area contributed by atoms with Crippen LogP contribution in [0.3, 0.4) is 0 Å². The number of aromatic nitrogens is 3. The monoisotopic (exact) mass is 416 g/mol. The van der Waals surface area contributed by atoms with Crippen molar-refractivity contribution in [1.29, 1.82) is 0 Å². The van der Waals surface area contributed by atoms with E-state index in [9.17, 15) is 24.5 Å². The lowest BCUT2D eigenvalue weighted by molar-refractivity contribution is -0.122. The fraction of sp³-hybridized carbons (Fsp3) is 0.353. The summed E-state index contributed by atoms with van der Waals surface area (Å²) in [7, 11) is -1.42. The van der Waals surface area contributed by atoms with Crippen LogP contribution in [0.4, 0.5) is 0 Å². The van der Waals surface area contributed by atoms with Crippen molar-refractivity contribution in [3.63, 3.8) is 0 Å². The summed E-state index contributed by atoms with van der Waals surface area (Å²) < 4.78 is 6.53. The second kappa shape index (κ2) is 9.37. The molecule has 1 aliphatic rings. The van der Waals surface area contributed by atoms with E-state index in [2.05, 4.69) is 20.9 Å². The predicted molar refractivity (Wildman–Crippen MR) is 104 cm³/mol. The molecule has 158 valence electrons. The molecule has 6 N–H and O–H groups in total. The Morgan fingerprint density at radius 1 is 1.37 bits per heavy atom. The minimum absolute atomic E-state index is 0.0591. The first-order chi connectivity index (χ1) is 14.4. The Kier molecular flexibility index (Phi) is 6.64. The smallest absolute Gasteiger partial charge is 0.534 e. The second-order valence-electron chi connectivity index (χ2n) is 6.69. The van der Waals surface area contributed by atoms with E-state index in [1.165, 1.54) is 16.9 Å². The van der Waals surface area contributed by atoms with Crippen LogP contribution in [0.15, 0.2) is 24.4 Å². The van der Waals surface area contributed by atoms with Gasteiger partial charge in [0.05, 0.1) is 17.7 Å². The molecular weight excluding hydrogens is 395 g/mol. The molecule has 0 spiro atoms. The Morgan fingerprint density at radius 3 is 2.90 bits per heavy atom. The maximum atomic E-state index is 12.3. The van der Waals surface area contributed by atoms with Gasteiger partial charge in [0.25, 0.3) is 5.91 Å². The van der Waals surface area contributed by atoms with E-state index in [-0.39, 0.29) is 30.0 Å². The molecule has 30 heavy (non-hydrogen) atoms. The van der Waals surface area contributed by atoms with Crippen LogP contribution in [0, 0.1) is 0 Å². The number of nitrogens with zero attached hydrogens (tertiary/aromatic N) is 3. The number of amides is 2. The Hall–Kier alpha value is -3.45. The third kappa shape index (κ3) is 4.93. The van der Waals surface area contributed by atoms with Gasteiger partial charge in [-0.15, -0.1) is 5.10 Å². The average Bonchev–Trinajstić information content (AvgIpc) is 3.16. The molecule has 0 bridgehead atoms. The molecule has 2 amide bonds. The van der Waals surface area contributed by atoms with E-state index in [0.29, 0.717) is 25.1 Å². The summed E-state index contributed by atoms with van der Waals surface area (Å²) in [5, 5.41) is 32.1. The first-order valence-electron chi connectivity index (χ1n) is 9.26. The van der Waals surface area contributed by atoms with Crippen molar-refractivity contribution in [2.24, 2.45) is 5.73 Å². The zero-order valence-electron chi connectivity index (χ0n) is 15.9. The molecule has 0 radical (unpaired) electrons. The topological polar surface area (TPSA) is 182 Å². The molecule has 1 aromatic carbocycles. The van der Waals surface area contributed by atoms with Gasteiger partial charge in [0.1, 0.15) is 12.3 Å². The average molecular weight is 416 g/mol. The van der Waals surface area contributed by atoms with Gasteiger partial charge in [-0.2, -0.15) is 0 Å². The number of para-hydroxylation sites is 1. The van der Waals surface area contributed by atoms with Crippen molar-refractivity contribution in [2.45, 2.75) is 25.3 Å². The molecule has 12 nitrogen and oxygen atoms in total. The Morgan fingerprint density at radius 2 is 2.17 bits per heavy atom. The fourth-order valence-corrected chi connectivity index (χ4v) is 2.99. The van der Waals surface area contributed by atoms with Crippen LogP contribution >= 0.6 is 0 Å². The van der Waals surface area contributed by atoms with Crippen molar-refractivity contribution in [2.75, 3.05) is 13.1 Å². The van der Waals surface area contributed by atoms with Gasteiger partial charge >= 0.3 is 13.1 Å². The maximum Gasteiger partial charge on any atom is 0.547 e. The Balaban J connectivity index is 1.59. The number of hydrogen-bond acceptors (Lipinski definition) is 8. The van der Waals surface area contributed by atoms with Crippen LogP contribution in [0.2, 0.25) is 0 Å². The van der Waals surface area contributed by atoms with E-state index in [4.69, 9.17) is 10.4 Å². The van der Waals surface area contributed by atoms with E-state index in [1.807, 2.05) is 0 Å². The lowest BCUT2D eigenvalue weighted by Crippen LogP contribution is -2.53. The molecule has 0 fully saturated rings. The largest absolute Gasteiger partial charge is 0.547 e. The Labute approximate surface area is 171 Å².